The molecule has 0 amide bonds. The molecule has 0 fully saturated rings. The van der Waals surface area contributed by atoms with Gasteiger partial charge >= 0.3 is 5.97 Å². The number of aromatic amines is 1. The Morgan fingerprint density at radius 2 is 2.11 bits per heavy atom. The van der Waals surface area contributed by atoms with Crippen LogP contribution in [0.25, 0.3) is 0 Å². The number of hydrogen-bond donors (Lipinski definition) is 3. The molecule has 27 heavy (non-hydrogen) atoms. The normalized spacial score (nSPS) is 10.4. The first-order valence-electron chi connectivity index (χ1n) is 8.52. The van der Waals surface area contributed by atoms with Crippen molar-refractivity contribution < 1.29 is 9.53 Å². The van der Waals surface area contributed by atoms with E-state index in [0.717, 1.165) is 17.0 Å². The molecule has 0 saturated heterocycles. The Labute approximate surface area is 167 Å². The van der Waals surface area contributed by atoms with Gasteiger partial charge in [0.2, 0.25) is 0 Å². The SMILES string of the molecule is CCOC(=O)c1cc(Cc2ccccc2)sc1NC(=S)NCc1ccn[nH]1. The summed E-state index contributed by atoms with van der Waals surface area (Å²) in [4.78, 5) is 13.4. The van der Waals surface area contributed by atoms with E-state index in [9.17, 15) is 4.79 Å². The molecule has 1 aromatic carbocycles. The summed E-state index contributed by atoms with van der Waals surface area (Å²) < 4.78 is 5.18. The summed E-state index contributed by atoms with van der Waals surface area (Å²) in [7, 11) is 0. The van der Waals surface area contributed by atoms with Gasteiger partial charge in [-0.05, 0) is 36.8 Å². The van der Waals surface area contributed by atoms with Gasteiger partial charge in [-0.25, -0.2) is 4.79 Å². The summed E-state index contributed by atoms with van der Waals surface area (Å²) in [5, 5.41) is 14.1. The van der Waals surface area contributed by atoms with E-state index in [0.29, 0.717) is 28.8 Å². The van der Waals surface area contributed by atoms with Gasteiger partial charge in [-0.1, -0.05) is 30.3 Å². The summed E-state index contributed by atoms with van der Waals surface area (Å²) >= 11 is 6.86. The van der Waals surface area contributed by atoms with Crippen molar-refractivity contribution in [3.63, 3.8) is 0 Å². The molecule has 3 aromatic rings. The number of rotatable bonds is 7. The Morgan fingerprint density at radius 1 is 1.30 bits per heavy atom. The number of aromatic nitrogens is 2. The number of ether oxygens (including phenoxy) is 1. The molecule has 0 unspecified atom stereocenters. The molecule has 0 bridgehead atoms. The van der Waals surface area contributed by atoms with Gasteiger partial charge in [-0.3, -0.25) is 5.10 Å². The second-order valence-electron chi connectivity index (χ2n) is 5.73. The summed E-state index contributed by atoms with van der Waals surface area (Å²) in [5.74, 6) is -0.355. The largest absolute Gasteiger partial charge is 0.462 e. The lowest BCUT2D eigenvalue weighted by atomic mass is 10.1. The van der Waals surface area contributed by atoms with Crippen molar-refractivity contribution in [1.29, 1.82) is 0 Å². The van der Waals surface area contributed by atoms with E-state index >= 15 is 0 Å². The number of carbonyl (C=O) groups excluding carboxylic acids is 1. The van der Waals surface area contributed by atoms with Crippen LogP contribution in [-0.4, -0.2) is 27.9 Å². The summed E-state index contributed by atoms with van der Waals surface area (Å²) in [6.45, 7) is 2.63. The number of thiocarbonyl (C=S) groups is 1. The first-order chi connectivity index (χ1) is 13.2. The molecule has 8 heteroatoms. The zero-order chi connectivity index (χ0) is 19.1. The number of H-pyrrole nitrogens is 1. The zero-order valence-corrected chi connectivity index (χ0v) is 16.5. The Morgan fingerprint density at radius 3 is 2.81 bits per heavy atom. The van der Waals surface area contributed by atoms with Gasteiger partial charge in [0.05, 0.1) is 24.4 Å². The van der Waals surface area contributed by atoms with E-state index in [-0.39, 0.29) is 5.97 Å². The minimum Gasteiger partial charge on any atom is -0.462 e. The van der Waals surface area contributed by atoms with Crippen LogP contribution in [-0.2, 0) is 17.7 Å². The minimum atomic E-state index is -0.355. The van der Waals surface area contributed by atoms with E-state index < -0.39 is 0 Å². The van der Waals surface area contributed by atoms with Crippen molar-refractivity contribution in [3.8, 4) is 0 Å². The van der Waals surface area contributed by atoms with E-state index in [1.54, 1.807) is 13.1 Å². The Balaban J connectivity index is 1.72. The maximum absolute atomic E-state index is 12.3. The maximum Gasteiger partial charge on any atom is 0.341 e. The van der Waals surface area contributed by atoms with Crippen LogP contribution in [0.15, 0.2) is 48.7 Å². The van der Waals surface area contributed by atoms with Gasteiger partial charge in [0, 0.05) is 17.5 Å². The lowest BCUT2D eigenvalue weighted by molar-refractivity contribution is 0.0528. The lowest BCUT2D eigenvalue weighted by Gasteiger charge is -2.09. The molecular formula is C19H20N4O2S2. The zero-order valence-electron chi connectivity index (χ0n) is 14.8. The number of thiophene rings is 1. The second-order valence-corrected chi connectivity index (χ2v) is 7.27. The van der Waals surface area contributed by atoms with Gasteiger partial charge < -0.3 is 15.4 Å². The monoisotopic (exact) mass is 400 g/mol. The molecule has 0 aliphatic carbocycles. The number of anilines is 1. The van der Waals surface area contributed by atoms with Crippen LogP contribution in [0.3, 0.4) is 0 Å². The highest BCUT2D eigenvalue weighted by atomic mass is 32.1. The first-order valence-corrected chi connectivity index (χ1v) is 9.75. The van der Waals surface area contributed by atoms with Crippen molar-refractivity contribution in [3.05, 3.63) is 70.4 Å². The topological polar surface area (TPSA) is 79.0 Å². The first kappa shape index (κ1) is 19.1. The summed E-state index contributed by atoms with van der Waals surface area (Å²) in [6.07, 6.45) is 2.43. The van der Waals surface area contributed by atoms with Crippen LogP contribution in [0.1, 0.15) is 33.4 Å². The lowest BCUT2D eigenvalue weighted by Crippen LogP contribution is -2.28. The number of esters is 1. The number of benzene rings is 1. The Kier molecular flexibility index (Phi) is 6.56. The Hall–Kier alpha value is -2.71. The van der Waals surface area contributed by atoms with Gasteiger partial charge in [-0.2, -0.15) is 5.10 Å². The molecule has 6 nitrogen and oxygen atoms in total. The highest BCUT2D eigenvalue weighted by Crippen LogP contribution is 2.30. The van der Waals surface area contributed by atoms with Crippen molar-refractivity contribution in [2.75, 3.05) is 11.9 Å². The van der Waals surface area contributed by atoms with Crippen LogP contribution < -0.4 is 10.6 Å². The average Bonchev–Trinajstić information content (AvgIpc) is 3.31. The predicted octanol–water partition coefficient (Wildman–Crippen LogP) is 3.73. The molecule has 2 heterocycles. The highest BCUT2D eigenvalue weighted by Gasteiger charge is 2.18. The minimum absolute atomic E-state index is 0.324. The summed E-state index contributed by atoms with van der Waals surface area (Å²) in [6, 6.07) is 13.9. The molecule has 0 saturated carbocycles. The molecule has 2 aromatic heterocycles. The van der Waals surface area contributed by atoms with Gasteiger partial charge in [0.15, 0.2) is 5.11 Å². The third-order valence-electron chi connectivity index (χ3n) is 3.72. The molecule has 0 aliphatic heterocycles. The van der Waals surface area contributed by atoms with Crippen LogP contribution in [0.5, 0.6) is 0 Å². The van der Waals surface area contributed by atoms with Gasteiger partial charge in [0.1, 0.15) is 5.00 Å². The maximum atomic E-state index is 12.3. The number of carbonyl (C=O) groups is 1. The number of nitrogens with zero attached hydrogens (tertiary/aromatic N) is 1. The van der Waals surface area contributed by atoms with Gasteiger partial charge in [-0.15, -0.1) is 11.3 Å². The van der Waals surface area contributed by atoms with E-state index in [4.69, 9.17) is 17.0 Å². The molecule has 0 spiro atoms. The van der Waals surface area contributed by atoms with Crippen LogP contribution >= 0.6 is 23.6 Å². The number of hydrogen-bond acceptors (Lipinski definition) is 5. The molecular weight excluding hydrogens is 380 g/mol. The van der Waals surface area contributed by atoms with E-state index in [1.807, 2.05) is 30.3 Å². The van der Waals surface area contributed by atoms with Crippen LogP contribution in [0, 0.1) is 0 Å². The molecule has 3 rings (SSSR count). The fourth-order valence-corrected chi connectivity index (χ4v) is 3.81. The fraction of sp³-hybridized carbons (Fsp3) is 0.211. The van der Waals surface area contributed by atoms with Crippen molar-refractivity contribution in [1.82, 2.24) is 15.5 Å². The predicted molar refractivity (Wildman–Crippen MR) is 111 cm³/mol. The molecule has 0 aliphatic rings. The molecule has 140 valence electrons. The van der Waals surface area contributed by atoms with Crippen molar-refractivity contribution in [2.24, 2.45) is 0 Å². The van der Waals surface area contributed by atoms with Gasteiger partial charge in [0.25, 0.3) is 0 Å². The van der Waals surface area contributed by atoms with E-state index in [1.165, 1.54) is 16.9 Å². The smallest absolute Gasteiger partial charge is 0.341 e. The Bertz CT molecular complexity index is 892. The molecule has 0 radical (unpaired) electrons. The number of nitrogens with one attached hydrogen (secondary N) is 3. The quantitative estimate of drug-likeness (QED) is 0.414. The molecule has 3 N–H and O–H groups in total. The third-order valence-corrected chi connectivity index (χ3v) is 5.02. The summed E-state index contributed by atoms with van der Waals surface area (Å²) in [5.41, 5.74) is 2.60. The highest BCUT2D eigenvalue weighted by molar-refractivity contribution is 7.80. The second kappa shape index (κ2) is 9.29. The third kappa shape index (κ3) is 5.38. The molecule has 0 atom stereocenters. The van der Waals surface area contributed by atoms with E-state index in [2.05, 4.69) is 33.0 Å². The van der Waals surface area contributed by atoms with Crippen LogP contribution in [0.4, 0.5) is 5.00 Å². The van der Waals surface area contributed by atoms with Crippen molar-refractivity contribution >= 4 is 39.6 Å². The average molecular weight is 401 g/mol. The standard InChI is InChI=1S/C19H20N4O2S2/c1-2-25-18(24)16-11-15(10-13-6-4-3-5-7-13)27-17(16)22-19(26)20-12-14-8-9-21-23-14/h3-9,11H,2,10,12H2,1H3,(H,21,23)(H2,20,22,26). The van der Waals surface area contributed by atoms with Crippen molar-refractivity contribution in [2.45, 2.75) is 19.9 Å². The fourth-order valence-electron chi connectivity index (χ4n) is 2.49. The van der Waals surface area contributed by atoms with Crippen LogP contribution in [0.2, 0.25) is 0 Å².